The average Bonchev–Trinajstić information content (AvgIpc) is 2.77. The van der Waals surface area contributed by atoms with Gasteiger partial charge in [-0.25, -0.2) is 0 Å². The molecule has 0 aromatic heterocycles. The lowest BCUT2D eigenvalue weighted by molar-refractivity contribution is 0.252. The van der Waals surface area contributed by atoms with Crippen LogP contribution in [-0.4, -0.2) is 13.2 Å². The molecule has 0 saturated carbocycles. The summed E-state index contributed by atoms with van der Waals surface area (Å²) in [6.07, 6.45) is 10.9. The smallest absolute Gasteiger partial charge is 0.127 e. The van der Waals surface area contributed by atoms with Gasteiger partial charge in [-0.1, -0.05) is 0 Å². The van der Waals surface area contributed by atoms with Crippen molar-refractivity contribution in [2.45, 2.75) is 71.6 Å². The maximum atomic E-state index is 6.35. The summed E-state index contributed by atoms with van der Waals surface area (Å²) in [6.45, 7) is 6.01. The highest BCUT2D eigenvalue weighted by atomic mass is 16.5. The Labute approximate surface area is 162 Å². The summed E-state index contributed by atoms with van der Waals surface area (Å²) in [6, 6.07) is 4.62. The Morgan fingerprint density at radius 1 is 0.556 bits per heavy atom. The Hall–Kier alpha value is -1.96. The summed E-state index contributed by atoms with van der Waals surface area (Å²) in [4.78, 5) is 0. The van der Waals surface area contributed by atoms with Crippen LogP contribution in [0.3, 0.4) is 0 Å². The molecule has 2 aliphatic carbocycles. The molecule has 1 heterocycles. The summed E-state index contributed by atoms with van der Waals surface area (Å²) < 4.78 is 12.7. The van der Waals surface area contributed by atoms with Crippen molar-refractivity contribution in [3.63, 3.8) is 0 Å². The topological polar surface area (TPSA) is 18.5 Å². The highest BCUT2D eigenvalue weighted by Crippen LogP contribution is 2.48. The minimum atomic E-state index is 0.736. The number of benzene rings is 2. The molecule has 0 atom stereocenters. The predicted octanol–water partition coefficient (Wildman–Crippen LogP) is 5.89. The van der Waals surface area contributed by atoms with E-state index in [1.54, 1.807) is 22.3 Å². The van der Waals surface area contributed by atoms with Gasteiger partial charge in [0.15, 0.2) is 0 Å². The molecular weight excluding hydrogens is 332 g/mol. The van der Waals surface area contributed by atoms with E-state index in [4.69, 9.17) is 9.47 Å². The van der Waals surface area contributed by atoms with Crippen LogP contribution in [0.2, 0.25) is 0 Å². The third kappa shape index (κ3) is 2.85. The zero-order chi connectivity index (χ0) is 18.4. The second-order valence-corrected chi connectivity index (χ2v) is 8.51. The quantitative estimate of drug-likeness (QED) is 0.582. The Kier molecular flexibility index (Phi) is 4.38. The molecule has 0 unspecified atom stereocenters. The van der Waals surface area contributed by atoms with Crippen LogP contribution in [0.5, 0.6) is 11.5 Å². The Balaban J connectivity index is 1.86. The molecule has 1 aliphatic heterocycles. The largest absolute Gasteiger partial charge is 0.493 e. The van der Waals surface area contributed by atoms with Crippen molar-refractivity contribution >= 4 is 0 Å². The van der Waals surface area contributed by atoms with Gasteiger partial charge in [0.25, 0.3) is 0 Å². The Morgan fingerprint density at radius 3 is 1.41 bits per heavy atom. The maximum absolute atomic E-state index is 6.35. The molecule has 0 bridgehead atoms. The highest BCUT2D eigenvalue weighted by Gasteiger charge is 2.28. The predicted molar refractivity (Wildman–Crippen MR) is 110 cm³/mol. The van der Waals surface area contributed by atoms with Crippen LogP contribution in [0.4, 0.5) is 0 Å². The van der Waals surface area contributed by atoms with Gasteiger partial charge in [-0.2, -0.15) is 0 Å². The lowest BCUT2D eigenvalue weighted by Gasteiger charge is -2.29. The van der Waals surface area contributed by atoms with Crippen LogP contribution in [0.15, 0.2) is 12.1 Å². The van der Waals surface area contributed by atoms with E-state index in [-0.39, 0.29) is 0 Å². The first-order chi connectivity index (χ1) is 13.2. The van der Waals surface area contributed by atoms with Gasteiger partial charge in [-0.3, -0.25) is 0 Å². The first kappa shape index (κ1) is 17.2. The van der Waals surface area contributed by atoms with Gasteiger partial charge in [-0.05, 0) is 111 Å². The molecule has 0 amide bonds. The fourth-order valence-electron chi connectivity index (χ4n) is 5.44. The minimum absolute atomic E-state index is 0.736. The summed E-state index contributed by atoms with van der Waals surface area (Å²) in [5.74, 6) is 2.19. The van der Waals surface area contributed by atoms with E-state index >= 15 is 0 Å². The molecule has 0 radical (unpaired) electrons. The molecule has 3 aliphatic rings. The lowest BCUT2D eigenvalue weighted by atomic mass is 9.78. The second-order valence-electron chi connectivity index (χ2n) is 8.51. The van der Waals surface area contributed by atoms with Crippen molar-refractivity contribution in [2.75, 3.05) is 13.2 Å². The maximum Gasteiger partial charge on any atom is 0.127 e. The SMILES string of the molecule is Cc1cc2c(c3c1CCCC3)-c1c(cc(C)c3c1CCCC3)OCCCO2. The zero-order valence-electron chi connectivity index (χ0n) is 16.7. The van der Waals surface area contributed by atoms with Crippen molar-refractivity contribution in [3.05, 3.63) is 45.5 Å². The van der Waals surface area contributed by atoms with Gasteiger partial charge in [0.2, 0.25) is 0 Å². The number of hydrogen-bond donors (Lipinski definition) is 0. The number of aryl methyl sites for hydroxylation is 2. The van der Waals surface area contributed by atoms with E-state index in [2.05, 4.69) is 26.0 Å². The number of ether oxygens (including phenoxy) is 2. The van der Waals surface area contributed by atoms with Crippen molar-refractivity contribution < 1.29 is 9.47 Å². The van der Waals surface area contributed by atoms with Crippen LogP contribution in [0, 0.1) is 13.8 Å². The van der Waals surface area contributed by atoms with Gasteiger partial charge in [0.1, 0.15) is 11.5 Å². The van der Waals surface area contributed by atoms with Crippen LogP contribution < -0.4 is 9.47 Å². The van der Waals surface area contributed by atoms with Gasteiger partial charge in [-0.15, -0.1) is 0 Å². The molecule has 0 N–H and O–H groups in total. The Morgan fingerprint density at radius 2 is 0.963 bits per heavy atom. The molecule has 5 rings (SSSR count). The average molecular weight is 363 g/mol. The second kappa shape index (κ2) is 6.89. The molecule has 0 fully saturated rings. The standard InChI is InChI=1S/C25H30O2/c1-16-14-22-24(20-10-5-3-8-18(16)20)25-21-11-6-4-9-19(21)17(2)15-23(25)27-13-7-12-26-22/h14-15H,3-13H2,1-2H3. The van der Waals surface area contributed by atoms with Crippen LogP contribution in [0.25, 0.3) is 11.1 Å². The molecular formula is C25H30O2. The number of rotatable bonds is 0. The molecule has 142 valence electrons. The molecule has 2 aromatic rings. The summed E-state index contributed by atoms with van der Waals surface area (Å²) >= 11 is 0. The van der Waals surface area contributed by atoms with Gasteiger partial charge in [0, 0.05) is 17.5 Å². The van der Waals surface area contributed by atoms with Gasteiger partial charge < -0.3 is 9.47 Å². The first-order valence-corrected chi connectivity index (χ1v) is 10.8. The van der Waals surface area contributed by atoms with Crippen LogP contribution in [-0.2, 0) is 25.7 Å². The van der Waals surface area contributed by atoms with Crippen LogP contribution >= 0.6 is 0 Å². The van der Waals surface area contributed by atoms with E-state index in [0.29, 0.717) is 0 Å². The van der Waals surface area contributed by atoms with Crippen LogP contribution in [0.1, 0.15) is 65.5 Å². The Bertz CT molecular complexity index is 821. The lowest BCUT2D eigenvalue weighted by Crippen LogP contribution is -2.12. The fraction of sp³-hybridized carbons (Fsp3) is 0.520. The molecule has 2 aromatic carbocycles. The normalized spacial score (nSPS) is 18.4. The molecule has 0 saturated heterocycles. The summed E-state index contributed by atoms with van der Waals surface area (Å²) in [5.41, 5.74) is 11.8. The van der Waals surface area contributed by atoms with E-state index < -0.39 is 0 Å². The molecule has 27 heavy (non-hydrogen) atoms. The highest BCUT2D eigenvalue weighted by molar-refractivity contribution is 5.85. The zero-order valence-corrected chi connectivity index (χ0v) is 16.7. The third-order valence-corrected chi connectivity index (χ3v) is 6.73. The number of hydrogen-bond acceptors (Lipinski definition) is 2. The van der Waals surface area contributed by atoms with E-state index in [0.717, 1.165) is 31.1 Å². The summed E-state index contributed by atoms with van der Waals surface area (Å²) in [7, 11) is 0. The molecule has 2 nitrogen and oxygen atoms in total. The van der Waals surface area contributed by atoms with Gasteiger partial charge in [0.05, 0.1) is 13.2 Å². The third-order valence-electron chi connectivity index (χ3n) is 6.73. The van der Waals surface area contributed by atoms with E-state index in [1.165, 1.54) is 73.6 Å². The van der Waals surface area contributed by atoms with E-state index in [1.807, 2.05) is 0 Å². The number of fused-ring (bicyclic) bond motifs is 7. The fourth-order valence-corrected chi connectivity index (χ4v) is 5.44. The molecule has 0 spiro atoms. The van der Waals surface area contributed by atoms with Crippen molar-refractivity contribution in [2.24, 2.45) is 0 Å². The van der Waals surface area contributed by atoms with Crippen molar-refractivity contribution in [3.8, 4) is 22.6 Å². The first-order valence-electron chi connectivity index (χ1n) is 10.8. The summed E-state index contributed by atoms with van der Waals surface area (Å²) in [5, 5.41) is 0. The van der Waals surface area contributed by atoms with Crippen molar-refractivity contribution in [1.29, 1.82) is 0 Å². The van der Waals surface area contributed by atoms with Crippen molar-refractivity contribution in [1.82, 2.24) is 0 Å². The van der Waals surface area contributed by atoms with Gasteiger partial charge >= 0.3 is 0 Å². The molecule has 2 heteroatoms. The van der Waals surface area contributed by atoms with E-state index in [9.17, 15) is 0 Å². The minimum Gasteiger partial charge on any atom is -0.493 e. The monoisotopic (exact) mass is 362 g/mol.